The molecular formula is C22H26N4O3. The smallest absolute Gasteiger partial charge is 0.247 e. The van der Waals surface area contributed by atoms with Gasteiger partial charge in [0.2, 0.25) is 17.7 Å². The van der Waals surface area contributed by atoms with Gasteiger partial charge >= 0.3 is 0 Å². The molecule has 7 heteroatoms. The van der Waals surface area contributed by atoms with Gasteiger partial charge in [0.05, 0.1) is 19.7 Å². The normalized spacial score (nSPS) is 12.0. The minimum atomic E-state index is -0.187. The number of ether oxygens (including phenoxy) is 1. The highest BCUT2D eigenvalue weighted by Gasteiger charge is 2.23. The number of anilines is 1. The van der Waals surface area contributed by atoms with Crippen molar-refractivity contribution in [1.82, 2.24) is 15.1 Å². The highest BCUT2D eigenvalue weighted by molar-refractivity contribution is 5.92. The molecule has 1 amide bonds. The molecule has 3 rings (SSSR count). The van der Waals surface area contributed by atoms with E-state index in [9.17, 15) is 4.79 Å². The molecular weight excluding hydrogens is 368 g/mol. The van der Waals surface area contributed by atoms with Crippen molar-refractivity contribution in [1.29, 1.82) is 0 Å². The zero-order chi connectivity index (χ0) is 20.8. The van der Waals surface area contributed by atoms with Crippen LogP contribution in [-0.4, -0.2) is 41.2 Å². The van der Waals surface area contributed by atoms with E-state index in [0.29, 0.717) is 18.3 Å². The van der Waals surface area contributed by atoms with Gasteiger partial charge in [0, 0.05) is 11.3 Å². The second kappa shape index (κ2) is 9.34. The number of benzene rings is 2. The second-order valence-corrected chi connectivity index (χ2v) is 6.83. The molecule has 2 aromatic carbocycles. The molecule has 0 fully saturated rings. The molecule has 0 unspecified atom stereocenters. The summed E-state index contributed by atoms with van der Waals surface area (Å²) >= 11 is 0. The number of carbonyl (C=O) groups is 1. The molecule has 0 aliphatic rings. The van der Waals surface area contributed by atoms with E-state index in [2.05, 4.69) is 15.5 Å². The Balaban J connectivity index is 1.65. The van der Waals surface area contributed by atoms with Crippen molar-refractivity contribution >= 4 is 11.6 Å². The number of likely N-dealkylation sites (N-methyl/N-ethyl adjacent to an activating group) is 1. The Labute approximate surface area is 170 Å². The van der Waals surface area contributed by atoms with E-state index in [0.717, 1.165) is 22.6 Å². The van der Waals surface area contributed by atoms with Crippen LogP contribution in [0.15, 0.2) is 52.9 Å². The van der Waals surface area contributed by atoms with Gasteiger partial charge in [-0.3, -0.25) is 9.69 Å². The molecule has 0 radical (unpaired) electrons. The predicted octanol–water partition coefficient (Wildman–Crippen LogP) is 4.08. The lowest BCUT2D eigenvalue weighted by atomic mass is 10.1. The summed E-state index contributed by atoms with van der Waals surface area (Å²) in [5.74, 6) is 1.60. The van der Waals surface area contributed by atoms with Crippen molar-refractivity contribution in [2.45, 2.75) is 26.8 Å². The Kier molecular flexibility index (Phi) is 6.61. The molecule has 1 aromatic heterocycles. The van der Waals surface area contributed by atoms with Crippen LogP contribution in [0.2, 0.25) is 0 Å². The van der Waals surface area contributed by atoms with Gasteiger partial charge in [0.15, 0.2) is 0 Å². The van der Waals surface area contributed by atoms with Gasteiger partial charge in [-0.25, -0.2) is 0 Å². The van der Waals surface area contributed by atoms with Crippen LogP contribution in [0.5, 0.6) is 5.75 Å². The zero-order valence-corrected chi connectivity index (χ0v) is 17.2. The highest BCUT2D eigenvalue weighted by atomic mass is 16.5. The highest BCUT2D eigenvalue weighted by Crippen LogP contribution is 2.24. The van der Waals surface area contributed by atoms with Crippen LogP contribution in [-0.2, 0) is 4.79 Å². The molecule has 29 heavy (non-hydrogen) atoms. The molecule has 1 N–H and O–H groups in total. The summed E-state index contributed by atoms with van der Waals surface area (Å²) in [7, 11) is 1.61. The van der Waals surface area contributed by atoms with E-state index in [4.69, 9.17) is 9.15 Å². The summed E-state index contributed by atoms with van der Waals surface area (Å²) in [6.07, 6.45) is 0. The molecule has 0 saturated carbocycles. The van der Waals surface area contributed by atoms with E-state index in [1.165, 1.54) is 0 Å². The molecule has 3 aromatic rings. The molecule has 7 nitrogen and oxygen atoms in total. The fourth-order valence-corrected chi connectivity index (χ4v) is 3.04. The van der Waals surface area contributed by atoms with Crippen LogP contribution >= 0.6 is 0 Å². The Hall–Kier alpha value is -3.19. The van der Waals surface area contributed by atoms with E-state index in [1.54, 1.807) is 19.2 Å². The third-order valence-electron chi connectivity index (χ3n) is 4.74. The van der Waals surface area contributed by atoms with E-state index >= 15 is 0 Å². The van der Waals surface area contributed by atoms with Gasteiger partial charge in [0.1, 0.15) is 5.75 Å². The summed E-state index contributed by atoms with van der Waals surface area (Å²) in [4.78, 5) is 14.5. The first-order chi connectivity index (χ1) is 14.0. The fraction of sp³-hybridized carbons (Fsp3) is 0.318. The second-order valence-electron chi connectivity index (χ2n) is 6.83. The molecule has 0 aliphatic carbocycles. The lowest BCUT2D eigenvalue weighted by Gasteiger charge is -2.24. The Morgan fingerprint density at radius 1 is 1.21 bits per heavy atom. The summed E-state index contributed by atoms with van der Waals surface area (Å²) in [5.41, 5.74) is 2.73. The first-order valence-electron chi connectivity index (χ1n) is 9.58. The summed E-state index contributed by atoms with van der Waals surface area (Å²) < 4.78 is 11.0. The van der Waals surface area contributed by atoms with Crippen LogP contribution in [0.25, 0.3) is 11.5 Å². The number of aromatic nitrogens is 2. The average molecular weight is 394 g/mol. The number of rotatable bonds is 8. The van der Waals surface area contributed by atoms with Gasteiger partial charge in [-0.15, -0.1) is 10.2 Å². The molecule has 0 aliphatic heterocycles. The van der Waals surface area contributed by atoms with E-state index in [-0.39, 0.29) is 18.5 Å². The first kappa shape index (κ1) is 20.5. The molecule has 0 bridgehead atoms. The largest absolute Gasteiger partial charge is 0.497 e. The Bertz CT molecular complexity index is 953. The molecule has 1 atom stereocenters. The monoisotopic (exact) mass is 394 g/mol. The average Bonchev–Trinajstić information content (AvgIpc) is 3.22. The maximum absolute atomic E-state index is 12.5. The van der Waals surface area contributed by atoms with Crippen molar-refractivity contribution < 1.29 is 13.9 Å². The fourth-order valence-electron chi connectivity index (χ4n) is 3.04. The topological polar surface area (TPSA) is 80.5 Å². The van der Waals surface area contributed by atoms with Gasteiger partial charge < -0.3 is 14.5 Å². The molecule has 0 saturated heterocycles. The van der Waals surface area contributed by atoms with Crippen molar-refractivity contribution in [3.63, 3.8) is 0 Å². The lowest BCUT2D eigenvalue weighted by Crippen LogP contribution is -2.35. The third-order valence-corrected chi connectivity index (χ3v) is 4.74. The van der Waals surface area contributed by atoms with Gasteiger partial charge in [-0.05, 0) is 56.8 Å². The third kappa shape index (κ3) is 5.20. The van der Waals surface area contributed by atoms with Crippen LogP contribution in [0.1, 0.15) is 31.3 Å². The maximum Gasteiger partial charge on any atom is 0.247 e. The minimum Gasteiger partial charge on any atom is -0.497 e. The number of nitrogens with zero attached hydrogens (tertiary/aromatic N) is 3. The van der Waals surface area contributed by atoms with E-state index in [1.807, 2.05) is 62.1 Å². The summed E-state index contributed by atoms with van der Waals surface area (Å²) in [5, 5.41) is 11.3. The van der Waals surface area contributed by atoms with Crippen LogP contribution in [0.3, 0.4) is 0 Å². The SMILES string of the molecule is CCN(CC(=O)Nc1ccc(OC)cc1)[C@H](C)c1nnc(-c2cccc(C)c2)o1. The first-order valence-corrected chi connectivity index (χ1v) is 9.58. The minimum absolute atomic E-state index is 0.109. The van der Waals surface area contributed by atoms with Crippen molar-refractivity contribution in [3.05, 3.63) is 60.0 Å². The van der Waals surface area contributed by atoms with Crippen molar-refractivity contribution in [2.75, 3.05) is 25.5 Å². The van der Waals surface area contributed by atoms with E-state index < -0.39 is 0 Å². The standard InChI is InChI=1S/C22H26N4O3/c1-5-26(14-20(27)23-18-9-11-19(28-4)12-10-18)16(3)21-24-25-22(29-21)17-8-6-7-15(2)13-17/h6-13,16H,5,14H2,1-4H3,(H,23,27)/t16-/m1/s1. The van der Waals surface area contributed by atoms with Crippen molar-refractivity contribution in [3.8, 4) is 17.2 Å². The van der Waals surface area contributed by atoms with Crippen LogP contribution < -0.4 is 10.1 Å². The number of aryl methyl sites for hydroxylation is 1. The number of nitrogens with one attached hydrogen (secondary N) is 1. The Morgan fingerprint density at radius 3 is 2.62 bits per heavy atom. The number of carbonyl (C=O) groups excluding carboxylic acids is 1. The van der Waals surface area contributed by atoms with Gasteiger partial charge in [-0.2, -0.15) is 0 Å². The number of hydrogen-bond acceptors (Lipinski definition) is 6. The molecule has 1 heterocycles. The number of hydrogen-bond donors (Lipinski definition) is 1. The molecule has 152 valence electrons. The summed E-state index contributed by atoms with van der Waals surface area (Å²) in [6, 6.07) is 15.0. The van der Waals surface area contributed by atoms with Gasteiger partial charge in [-0.1, -0.05) is 24.6 Å². The Morgan fingerprint density at radius 2 is 1.97 bits per heavy atom. The van der Waals surface area contributed by atoms with Crippen molar-refractivity contribution in [2.24, 2.45) is 0 Å². The number of amides is 1. The number of methoxy groups -OCH3 is 1. The predicted molar refractivity (Wildman–Crippen MR) is 112 cm³/mol. The quantitative estimate of drug-likeness (QED) is 0.620. The van der Waals surface area contributed by atoms with Crippen LogP contribution in [0.4, 0.5) is 5.69 Å². The van der Waals surface area contributed by atoms with Crippen LogP contribution in [0, 0.1) is 6.92 Å². The molecule has 0 spiro atoms. The van der Waals surface area contributed by atoms with Gasteiger partial charge in [0.25, 0.3) is 0 Å². The lowest BCUT2D eigenvalue weighted by molar-refractivity contribution is -0.117. The zero-order valence-electron chi connectivity index (χ0n) is 17.2. The maximum atomic E-state index is 12.5. The summed E-state index contributed by atoms with van der Waals surface area (Å²) in [6.45, 7) is 6.85.